The Morgan fingerprint density at radius 3 is 2.67 bits per heavy atom. The smallest absolute Gasteiger partial charge is 0.142 e. The van der Waals surface area contributed by atoms with Gasteiger partial charge in [0.15, 0.2) is 0 Å². The second-order valence-corrected chi connectivity index (χ2v) is 2.26. The maximum Gasteiger partial charge on any atom is 0.142 e. The number of hydrogen-bond acceptors (Lipinski definition) is 2. The molecule has 0 saturated carbocycles. The molecule has 0 bridgehead atoms. The van der Waals surface area contributed by atoms with E-state index in [1.165, 1.54) is 6.33 Å². The van der Waals surface area contributed by atoms with Gasteiger partial charge in [0.1, 0.15) is 17.1 Å². The van der Waals surface area contributed by atoms with E-state index in [2.05, 4.69) is 15.0 Å². The van der Waals surface area contributed by atoms with E-state index in [4.69, 9.17) is 11.6 Å². The molecular weight excluding hydrogens is 174 g/mol. The maximum absolute atomic E-state index is 5.73. The molecule has 0 fully saturated rings. The minimum Gasteiger partial charge on any atom is -0.346 e. The number of rotatable bonds is 0. The zero-order chi connectivity index (χ0) is 6.97. The van der Waals surface area contributed by atoms with E-state index in [1.807, 2.05) is 6.07 Å². The molecule has 0 radical (unpaired) electrons. The first-order chi connectivity index (χ1) is 4.88. The molecule has 0 amide bonds. The van der Waals surface area contributed by atoms with E-state index in [1.54, 1.807) is 6.20 Å². The third-order valence-corrected chi connectivity index (χ3v) is 1.61. The number of hydrogen-bond donors (Lipinski definition) is 1. The number of aromatic amines is 1. The average Bonchev–Trinajstić information content (AvgIpc) is 2.36. The molecule has 0 aliphatic rings. The molecule has 0 aromatic carbocycles. The van der Waals surface area contributed by atoms with Crippen LogP contribution in [0.2, 0.25) is 5.15 Å². The van der Waals surface area contributed by atoms with Crippen molar-refractivity contribution in [1.29, 1.82) is 0 Å². The van der Waals surface area contributed by atoms with Crippen LogP contribution in [0.1, 0.15) is 14.9 Å². The molecule has 0 saturated heterocycles. The van der Waals surface area contributed by atoms with Crippen LogP contribution < -0.4 is 0 Å². The van der Waals surface area contributed by atoms with E-state index in [-0.39, 0.29) is 14.9 Å². The first-order valence-corrected chi connectivity index (χ1v) is 3.19. The van der Waals surface area contributed by atoms with Gasteiger partial charge < -0.3 is 4.98 Å². The van der Waals surface area contributed by atoms with Crippen LogP contribution >= 0.6 is 11.6 Å². The first-order valence-electron chi connectivity index (χ1n) is 2.81. The Morgan fingerprint density at radius 1 is 1.25 bits per heavy atom. The summed E-state index contributed by atoms with van der Waals surface area (Å²) in [4.78, 5) is 10.7. The van der Waals surface area contributed by atoms with Crippen LogP contribution in [0.3, 0.4) is 0 Å². The topological polar surface area (TPSA) is 41.6 Å². The molecule has 0 spiro atoms. The van der Waals surface area contributed by atoms with Crippen molar-refractivity contribution in [2.24, 2.45) is 0 Å². The van der Waals surface area contributed by atoms with Crippen molar-refractivity contribution in [3.05, 3.63) is 23.7 Å². The summed E-state index contributed by atoms with van der Waals surface area (Å²) in [7, 11) is 0. The van der Waals surface area contributed by atoms with Crippen molar-refractivity contribution in [3.63, 3.8) is 0 Å². The summed E-state index contributed by atoms with van der Waals surface area (Å²) < 4.78 is 0. The van der Waals surface area contributed by atoms with Crippen molar-refractivity contribution < 1.29 is 0 Å². The average molecular weight is 186 g/mol. The SMILES string of the molecule is C.C.Clc1ncnc2[nH]ccc12. The van der Waals surface area contributed by atoms with Gasteiger partial charge in [0.25, 0.3) is 0 Å². The lowest BCUT2D eigenvalue weighted by Crippen LogP contribution is -1.79. The molecule has 2 heterocycles. The van der Waals surface area contributed by atoms with Crippen LogP contribution in [-0.4, -0.2) is 15.0 Å². The number of nitrogens with zero attached hydrogens (tertiary/aromatic N) is 2. The zero-order valence-corrected chi connectivity index (χ0v) is 5.76. The largest absolute Gasteiger partial charge is 0.346 e. The molecule has 1 N–H and O–H groups in total. The minimum atomic E-state index is 0. The Hall–Kier alpha value is -1.09. The van der Waals surface area contributed by atoms with E-state index >= 15 is 0 Å². The molecule has 3 nitrogen and oxygen atoms in total. The quantitative estimate of drug-likeness (QED) is 0.642. The van der Waals surface area contributed by atoms with Crippen LogP contribution in [-0.2, 0) is 0 Å². The van der Waals surface area contributed by atoms with Gasteiger partial charge in [0, 0.05) is 6.20 Å². The van der Waals surface area contributed by atoms with Crippen LogP contribution in [0.4, 0.5) is 0 Å². The maximum atomic E-state index is 5.73. The second-order valence-electron chi connectivity index (χ2n) is 1.90. The van der Waals surface area contributed by atoms with Crippen LogP contribution in [0, 0.1) is 0 Å². The molecule has 0 unspecified atom stereocenters. The lowest BCUT2D eigenvalue weighted by atomic mass is 10.4. The van der Waals surface area contributed by atoms with Gasteiger partial charge in [-0.3, -0.25) is 0 Å². The number of aromatic nitrogens is 3. The van der Waals surface area contributed by atoms with Crippen LogP contribution in [0.25, 0.3) is 11.0 Å². The summed E-state index contributed by atoms with van der Waals surface area (Å²) in [5.41, 5.74) is 0.778. The highest BCUT2D eigenvalue weighted by Crippen LogP contribution is 2.16. The summed E-state index contributed by atoms with van der Waals surface area (Å²) in [6, 6.07) is 1.84. The molecule has 66 valence electrons. The number of nitrogens with one attached hydrogen (secondary N) is 1. The van der Waals surface area contributed by atoms with Gasteiger partial charge >= 0.3 is 0 Å². The molecular formula is C8H12ClN3. The summed E-state index contributed by atoms with van der Waals surface area (Å²) in [6.45, 7) is 0. The van der Waals surface area contributed by atoms with Crippen LogP contribution in [0.15, 0.2) is 18.6 Å². The summed E-state index contributed by atoms with van der Waals surface area (Å²) in [5, 5.41) is 1.36. The predicted molar refractivity (Wildman–Crippen MR) is 52.4 cm³/mol. The number of halogens is 1. The fourth-order valence-electron chi connectivity index (χ4n) is 0.841. The van der Waals surface area contributed by atoms with E-state index in [0.717, 1.165) is 11.0 Å². The molecule has 0 atom stereocenters. The van der Waals surface area contributed by atoms with E-state index < -0.39 is 0 Å². The van der Waals surface area contributed by atoms with Gasteiger partial charge in [-0.1, -0.05) is 26.5 Å². The fourth-order valence-corrected chi connectivity index (χ4v) is 1.04. The highest BCUT2D eigenvalue weighted by atomic mass is 35.5. The Kier molecular flexibility index (Phi) is 3.70. The van der Waals surface area contributed by atoms with Crippen molar-refractivity contribution >= 4 is 22.6 Å². The molecule has 2 aromatic rings. The molecule has 4 heteroatoms. The number of H-pyrrole nitrogens is 1. The lowest BCUT2D eigenvalue weighted by molar-refractivity contribution is 1.20. The zero-order valence-electron chi connectivity index (χ0n) is 5.00. The van der Waals surface area contributed by atoms with Crippen molar-refractivity contribution in [2.75, 3.05) is 0 Å². The van der Waals surface area contributed by atoms with Gasteiger partial charge in [-0.15, -0.1) is 0 Å². The van der Waals surface area contributed by atoms with Gasteiger partial charge in [0.2, 0.25) is 0 Å². The van der Waals surface area contributed by atoms with Gasteiger partial charge in [0.05, 0.1) is 5.39 Å². The fraction of sp³-hybridized carbons (Fsp3) is 0.250. The molecule has 0 aliphatic heterocycles. The Morgan fingerprint density at radius 2 is 2.00 bits per heavy atom. The predicted octanol–water partition coefficient (Wildman–Crippen LogP) is 2.88. The van der Waals surface area contributed by atoms with Gasteiger partial charge in [-0.2, -0.15) is 0 Å². The molecule has 2 aromatic heterocycles. The third kappa shape index (κ3) is 1.56. The molecule has 2 rings (SSSR count). The number of fused-ring (bicyclic) bond motifs is 1. The Bertz CT molecular complexity index is 356. The first kappa shape index (κ1) is 10.9. The Balaban J connectivity index is 0.000000605. The van der Waals surface area contributed by atoms with Crippen molar-refractivity contribution in [3.8, 4) is 0 Å². The monoisotopic (exact) mass is 185 g/mol. The molecule has 0 aliphatic carbocycles. The highest BCUT2D eigenvalue weighted by Gasteiger charge is 1.98. The van der Waals surface area contributed by atoms with E-state index in [9.17, 15) is 0 Å². The third-order valence-electron chi connectivity index (χ3n) is 1.31. The van der Waals surface area contributed by atoms with Gasteiger partial charge in [-0.05, 0) is 6.07 Å². The van der Waals surface area contributed by atoms with Gasteiger partial charge in [-0.25, -0.2) is 9.97 Å². The van der Waals surface area contributed by atoms with Crippen molar-refractivity contribution in [1.82, 2.24) is 15.0 Å². The normalized spacial score (nSPS) is 8.75. The minimum absolute atomic E-state index is 0. The standard InChI is InChI=1S/C6H4ClN3.2CH4/c7-5-4-1-2-8-6(4)10-3-9-5;;/h1-3H,(H,8,9,10);2*1H4. The van der Waals surface area contributed by atoms with Crippen LogP contribution in [0.5, 0.6) is 0 Å². The summed E-state index contributed by atoms with van der Waals surface area (Å²) in [5.74, 6) is 0. The highest BCUT2D eigenvalue weighted by molar-refractivity contribution is 6.33. The molecule has 12 heavy (non-hydrogen) atoms. The van der Waals surface area contributed by atoms with E-state index in [0.29, 0.717) is 5.15 Å². The lowest BCUT2D eigenvalue weighted by Gasteiger charge is -1.88. The second kappa shape index (κ2) is 4.07. The van der Waals surface area contributed by atoms with Crippen molar-refractivity contribution in [2.45, 2.75) is 14.9 Å². The Labute approximate surface area is 76.8 Å². The summed E-state index contributed by atoms with van der Waals surface area (Å²) >= 11 is 5.73. The summed E-state index contributed by atoms with van der Waals surface area (Å²) in [6.07, 6.45) is 3.21.